The Morgan fingerprint density at radius 1 is 1.04 bits per heavy atom. The molecule has 0 fully saturated rings. The highest BCUT2D eigenvalue weighted by atomic mass is 35.5. The summed E-state index contributed by atoms with van der Waals surface area (Å²) in [5, 5.41) is 12.3. The van der Waals surface area contributed by atoms with Crippen LogP contribution in [0.1, 0.15) is 5.56 Å². The highest BCUT2D eigenvalue weighted by Gasteiger charge is 2.11. The van der Waals surface area contributed by atoms with Crippen molar-refractivity contribution in [3.63, 3.8) is 0 Å². The summed E-state index contributed by atoms with van der Waals surface area (Å²) in [6.07, 6.45) is 0.151. The first-order chi connectivity index (χ1) is 10.9. The van der Waals surface area contributed by atoms with Crippen LogP contribution >= 0.6 is 23.2 Å². The van der Waals surface area contributed by atoms with Crippen LogP contribution in [0.25, 0.3) is 0 Å². The van der Waals surface area contributed by atoms with Crippen molar-refractivity contribution in [1.29, 1.82) is 0 Å². The van der Waals surface area contributed by atoms with Crippen LogP contribution in [0.3, 0.4) is 0 Å². The van der Waals surface area contributed by atoms with E-state index in [0.717, 1.165) is 5.56 Å². The van der Waals surface area contributed by atoms with Crippen LogP contribution in [-0.4, -0.2) is 23.6 Å². The standard InChI is InChI=1S/C16H13Cl2NO4/c17-11-3-1-10(2-4-11)7-15(20)19-13-6-5-12(18)8-14(13)23-9-16(21)22/h1-6,8H,7,9H2,(H,19,20)(H,21,22). The number of carboxylic acid groups (broad SMARTS) is 1. The molecule has 23 heavy (non-hydrogen) atoms. The van der Waals surface area contributed by atoms with Crippen LogP contribution in [0.5, 0.6) is 5.75 Å². The number of halogens is 2. The number of hydrogen-bond acceptors (Lipinski definition) is 3. The minimum atomic E-state index is -1.12. The molecule has 0 saturated heterocycles. The third-order valence-electron chi connectivity index (χ3n) is 2.85. The van der Waals surface area contributed by atoms with E-state index in [1.165, 1.54) is 6.07 Å². The average Bonchev–Trinajstić information content (AvgIpc) is 2.49. The normalized spacial score (nSPS) is 10.2. The second-order valence-electron chi connectivity index (χ2n) is 4.67. The fraction of sp³-hybridized carbons (Fsp3) is 0.125. The summed E-state index contributed by atoms with van der Waals surface area (Å²) in [4.78, 5) is 22.7. The van der Waals surface area contributed by atoms with Crippen LogP contribution < -0.4 is 10.1 Å². The van der Waals surface area contributed by atoms with Crippen LogP contribution in [0.4, 0.5) is 5.69 Å². The molecule has 0 spiro atoms. The molecule has 0 aliphatic heterocycles. The number of carboxylic acids is 1. The number of anilines is 1. The quantitative estimate of drug-likeness (QED) is 0.831. The molecule has 2 N–H and O–H groups in total. The Bertz CT molecular complexity index is 717. The predicted molar refractivity (Wildman–Crippen MR) is 88.4 cm³/mol. The third kappa shape index (κ3) is 5.47. The van der Waals surface area contributed by atoms with Gasteiger partial charge < -0.3 is 15.2 Å². The smallest absolute Gasteiger partial charge is 0.341 e. The second-order valence-corrected chi connectivity index (χ2v) is 5.55. The Labute approximate surface area is 142 Å². The predicted octanol–water partition coefficient (Wildman–Crippen LogP) is 3.64. The molecule has 0 radical (unpaired) electrons. The summed E-state index contributed by atoms with van der Waals surface area (Å²) in [5.41, 5.74) is 1.16. The molecule has 0 saturated carbocycles. The summed E-state index contributed by atoms with van der Waals surface area (Å²) in [6.45, 7) is -0.527. The summed E-state index contributed by atoms with van der Waals surface area (Å²) in [6, 6.07) is 11.5. The van der Waals surface area contributed by atoms with Gasteiger partial charge >= 0.3 is 5.97 Å². The lowest BCUT2D eigenvalue weighted by Gasteiger charge is -2.12. The van der Waals surface area contributed by atoms with Gasteiger partial charge in [0.05, 0.1) is 12.1 Å². The summed E-state index contributed by atoms with van der Waals surface area (Å²) < 4.78 is 5.13. The van der Waals surface area contributed by atoms with E-state index in [0.29, 0.717) is 15.7 Å². The summed E-state index contributed by atoms with van der Waals surface area (Å²) in [7, 11) is 0. The first kappa shape index (κ1) is 17.1. The van der Waals surface area contributed by atoms with Crippen molar-refractivity contribution in [2.45, 2.75) is 6.42 Å². The average molecular weight is 354 g/mol. The maximum Gasteiger partial charge on any atom is 0.341 e. The molecule has 7 heteroatoms. The molecular formula is C16H13Cl2NO4. The molecule has 0 bridgehead atoms. The third-order valence-corrected chi connectivity index (χ3v) is 3.33. The molecule has 0 aromatic heterocycles. The Kier molecular flexibility index (Phi) is 5.84. The molecule has 0 aliphatic rings. The van der Waals surface area contributed by atoms with Crippen molar-refractivity contribution in [3.05, 3.63) is 58.1 Å². The number of benzene rings is 2. The minimum Gasteiger partial charge on any atom is -0.480 e. The fourth-order valence-electron chi connectivity index (χ4n) is 1.84. The van der Waals surface area contributed by atoms with Gasteiger partial charge in [-0.05, 0) is 29.8 Å². The van der Waals surface area contributed by atoms with E-state index >= 15 is 0 Å². The fourth-order valence-corrected chi connectivity index (χ4v) is 2.13. The minimum absolute atomic E-state index is 0.151. The number of carbonyl (C=O) groups excluding carboxylic acids is 1. The Balaban J connectivity index is 2.07. The Morgan fingerprint density at radius 3 is 2.35 bits per heavy atom. The van der Waals surface area contributed by atoms with Crippen LogP contribution in [0, 0.1) is 0 Å². The van der Waals surface area contributed by atoms with Crippen molar-refractivity contribution in [2.24, 2.45) is 0 Å². The van der Waals surface area contributed by atoms with Gasteiger partial charge in [0, 0.05) is 16.1 Å². The van der Waals surface area contributed by atoms with E-state index in [1.54, 1.807) is 36.4 Å². The number of nitrogens with one attached hydrogen (secondary N) is 1. The van der Waals surface area contributed by atoms with Crippen molar-refractivity contribution in [2.75, 3.05) is 11.9 Å². The lowest BCUT2D eigenvalue weighted by molar-refractivity contribution is -0.139. The van der Waals surface area contributed by atoms with Gasteiger partial charge in [-0.3, -0.25) is 4.79 Å². The number of aliphatic carboxylic acids is 1. The highest BCUT2D eigenvalue weighted by molar-refractivity contribution is 6.31. The van der Waals surface area contributed by atoms with Gasteiger partial charge in [0.15, 0.2) is 6.61 Å². The zero-order valence-corrected chi connectivity index (χ0v) is 13.4. The molecule has 2 aromatic rings. The van der Waals surface area contributed by atoms with Gasteiger partial charge in [0.1, 0.15) is 5.75 Å². The van der Waals surface area contributed by atoms with E-state index in [4.69, 9.17) is 33.0 Å². The highest BCUT2D eigenvalue weighted by Crippen LogP contribution is 2.28. The lowest BCUT2D eigenvalue weighted by Crippen LogP contribution is -2.16. The van der Waals surface area contributed by atoms with Gasteiger partial charge in [0.25, 0.3) is 0 Å². The zero-order valence-electron chi connectivity index (χ0n) is 11.9. The number of ether oxygens (including phenoxy) is 1. The summed E-state index contributed by atoms with van der Waals surface area (Å²) >= 11 is 11.7. The lowest BCUT2D eigenvalue weighted by atomic mass is 10.1. The van der Waals surface area contributed by atoms with Crippen LogP contribution in [0.2, 0.25) is 10.0 Å². The maximum absolute atomic E-state index is 12.1. The monoisotopic (exact) mass is 353 g/mol. The number of rotatable bonds is 6. The van der Waals surface area contributed by atoms with Crippen LogP contribution in [-0.2, 0) is 16.0 Å². The molecule has 5 nitrogen and oxygen atoms in total. The van der Waals surface area contributed by atoms with Gasteiger partial charge in [-0.25, -0.2) is 4.79 Å². The van der Waals surface area contributed by atoms with E-state index in [-0.39, 0.29) is 18.1 Å². The van der Waals surface area contributed by atoms with Gasteiger partial charge in [0.2, 0.25) is 5.91 Å². The molecule has 1 amide bonds. The van der Waals surface area contributed by atoms with Crippen LogP contribution in [0.15, 0.2) is 42.5 Å². The zero-order chi connectivity index (χ0) is 16.8. The molecule has 0 unspecified atom stereocenters. The van der Waals surface area contributed by atoms with E-state index < -0.39 is 12.6 Å². The maximum atomic E-state index is 12.1. The van der Waals surface area contributed by atoms with E-state index in [9.17, 15) is 9.59 Å². The van der Waals surface area contributed by atoms with E-state index in [2.05, 4.69) is 5.32 Å². The largest absolute Gasteiger partial charge is 0.480 e. The molecular weight excluding hydrogens is 341 g/mol. The van der Waals surface area contributed by atoms with Gasteiger partial charge in [-0.2, -0.15) is 0 Å². The SMILES string of the molecule is O=C(O)COc1cc(Cl)ccc1NC(=O)Cc1ccc(Cl)cc1. The molecule has 0 aliphatic carbocycles. The summed E-state index contributed by atoms with van der Waals surface area (Å²) in [5.74, 6) is -1.19. The van der Waals surface area contributed by atoms with Crippen molar-refractivity contribution < 1.29 is 19.4 Å². The van der Waals surface area contributed by atoms with Crippen molar-refractivity contribution in [1.82, 2.24) is 0 Å². The Morgan fingerprint density at radius 2 is 1.70 bits per heavy atom. The van der Waals surface area contributed by atoms with Crippen molar-refractivity contribution >= 4 is 40.8 Å². The number of hydrogen-bond donors (Lipinski definition) is 2. The van der Waals surface area contributed by atoms with Gasteiger partial charge in [-0.1, -0.05) is 35.3 Å². The van der Waals surface area contributed by atoms with Crippen molar-refractivity contribution in [3.8, 4) is 5.75 Å². The topological polar surface area (TPSA) is 75.6 Å². The Hall–Kier alpha value is -2.24. The van der Waals surface area contributed by atoms with Gasteiger partial charge in [-0.15, -0.1) is 0 Å². The molecule has 2 aromatic carbocycles. The number of carbonyl (C=O) groups is 2. The first-order valence-electron chi connectivity index (χ1n) is 6.62. The second kappa shape index (κ2) is 7.85. The van der Waals surface area contributed by atoms with E-state index in [1.807, 2.05) is 0 Å². The molecule has 120 valence electrons. The molecule has 0 atom stereocenters. The number of amides is 1. The molecule has 2 rings (SSSR count). The first-order valence-corrected chi connectivity index (χ1v) is 7.38. The molecule has 0 heterocycles.